The Bertz CT molecular complexity index is 555. The van der Waals surface area contributed by atoms with E-state index in [1.807, 2.05) is 36.4 Å². The highest BCUT2D eigenvalue weighted by Crippen LogP contribution is 2.23. The highest BCUT2D eigenvalue weighted by atomic mass is 79.9. The molecule has 1 fully saturated rings. The lowest BCUT2D eigenvalue weighted by Crippen LogP contribution is -2.16. The first kappa shape index (κ1) is 12.6. The van der Waals surface area contributed by atoms with Crippen LogP contribution in [0.25, 0.3) is 0 Å². The Balaban J connectivity index is 1.61. The lowest BCUT2D eigenvalue weighted by atomic mass is 10.3. The van der Waals surface area contributed by atoms with Gasteiger partial charge in [-0.2, -0.15) is 5.10 Å². The summed E-state index contributed by atoms with van der Waals surface area (Å²) in [5.74, 6) is 1.25. The Morgan fingerprint density at radius 1 is 1.21 bits per heavy atom. The molecule has 19 heavy (non-hydrogen) atoms. The lowest BCUT2D eigenvalue weighted by molar-refractivity contribution is 0.453. The molecular weight excluding hydrogens is 306 g/mol. The SMILES string of the molecule is Brc1cccc(Oc2ccc(CNC3CC3)nn2)c1. The molecule has 0 bridgehead atoms. The van der Waals surface area contributed by atoms with E-state index in [2.05, 4.69) is 31.4 Å². The normalized spacial score (nSPS) is 14.4. The largest absolute Gasteiger partial charge is 0.437 e. The monoisotopic (exact) mass is 319 g/mol. The van der Waals surface area contributed by atoms with Gasteiger partial charge < -0.3 is 10.1 Å². The summed E-state index contributed by atoms with van der Waals surface area (Å²) in [5.41, 5.74) is 0.938. The summed E-state index contributed by atoms with van der Waals surface area (Å²) < 4.78 is 6.60. The van der Waals surface area contributed by atoms with E-state index in [4.69, 9.17) is 4.74 Å². The Hall–Kier alpha value is -1.46. The molecule has 0 aliphatic heterocycles. The number of aromatic nitrogens is 2. The molecule has 98 valence electrons. The summed E-state index contributed by atoms with van der Waals surface area (Å²) in [6.45, 7) is 0.773. The number of rotatable bonds is 5. The number of halogens is 1. The molecule has 0 saturated heterocycles. The van der Waals surface area contributed by atoms with Crippen LogP contribution in [0.2, 0.25) is 0 Å². The van der Waals surface area contributed by atoms with E-state index in [9.17, 15) is 0 Å². The van der Waals surface area contributed by atoms with Gasteiger partial charge >= 0.3 is 0 Å². The molecule has 1 saturated carbocycles. The van der Waals surface area contributed by atoms with Gasteiger partial charge in [-0.25, -0.2) is 0 Å². The molecule has 1 aromatic carbocycles. The molecular formula is C14H14BrN3O. The highest BCUT2D eigenvalue weighted by Gasteiger charge is 2.20. The van der Waals surface area contributed by atoms with E-state index in [0.717, 1.165) is 22.5 Å². The van der Waals surface area contributed by atoms with Crippen LogP contribution in [0, 0.1) is 0 Å². The number of hydrogen-bond donors (Lipinski definition) is 1. The molecule has 3 rings (SSSR count). The molecule has 1 aromatic heterocycles. The number of hydrogen-bond acceptors (Lipinski definition) is 4. The van der Waals surface area contributed by atoms with Crippen LogP contribution in [0.5, 0.6) is 11.6 Å². The fourth-order valence-electron chi connectivity index (χ4n) is 1.68. The zero-order valence-corrected chi connectivity index (χ0v) is 11.9. The van der Waals surface area contributed by atoms with Crippen molar-refractivity contribution in [1.29, 1.82) is 0 Å². The summed E-state index contributed by atoms with van der Waals surface area (Å²) in [6.07, 6.45) is 2.55. The van der Waals surface area contributed by atoms with Gasteiger partial charge in [0.2, 0.25) is 5.88 Å². The lowest BCUT2D eigenvalue weighted by Gasteiger charge is -2.05. The molecule has 0 atom stereocenters. The number of ether oxygens (including phenoxy) is 1. The fraction of sp³-hybridized carbons (Fsp3) is 0.286. The van der Waals surface area contributed by atoms with Crippen molar-refractivity contribution in [3.05, 3.63) is 46.6 Å². The first-order chi connectivity index (χ1) is 9.29. The number of benzene rings is 1. The summed E-state index contributed by atoms with van der Waals surface area (Å²) in [5, 5.41) is 11.6. The minimum Gasteiger partial charge on any atom is -0.437 e. The fourth-order valence-corrected chi connectivity index (χ4v) is 2.06. The maximum absolute atomic E-state index is 5.63. The van der Waals surface area contributed by atoms with Gasteiger partial charge in [0.1, 0.15) is 5.75 Å². The predicted octanol–water partition coefficient (Wildman–Crippen LogP) is 3.28. The Morgan fingerprint density at radius 2 is 2.11 bits per heavy atom. The van der Waals surface area contributed by atoms with Crippen LogP contribution < -0.4 is 10.1 Å². The van der Waals surface area contributed by atoms with Crippen molar-refractivity contribution in [3.8, 4) is 11.6 Å². The van der Waals surface area contributed by atoms with Crippen LogP contribution in [-0.4, -0.2) is 16.2 Å². The molecule has 0 spiro atoms. The number of nitrogens with one attached hydrogen (secondary N) is 1. The zero-order chi connectivity index (χ0) is 13.1. The van der Waals surface area contributed by atoms with Crippen molar-refractivity contribution in [2.45, 2.75) is 25.4 Å². The van der Waals surface area contributed by atoms with E-state index >= 15 is 0 Å². The van der Waals surface area contributed by atoms with E-state index in [1.54, 1.807) is 0 Å². The highest BCUT2D eigenvalue weighted by molar-refractivity contribution is 9.10. The van der Waals surface area contributed by atoms with Crippen molar-refractivity contribution in [2.75, 3.05) is 0 Å². The van der Waals surface area contributed by atoms with Gasteiger partial charge in [0.05, 0.1) is 5.69 Å². The summed E-state index contributed by atoms with van der Waals surface area (Å²) in [4.78, 5) is 0. The van der Waals surface area contributed by atoms with Crippen molar-refractivity contribution in [2.24, 2.45) is 0 Å². The quantitative estimate of drug-likeness (QED) is 0.918. The molecule has 1 aliphatic rings. The van der Waals surface area contributed by atoms with Gasteiger partial charge in [-0.3, -0.25) is 0 Å². The van der Waals surface area contributed by atoms with E-state index in [1.165, 1.54) is 12.8 Å². The van der Waals surface area contributed by atoms with Gasteiger partial charge in [0.15, 0.2) is 0 Å². The van der Waals surface area contributed by atoms with Crippen molar-refractivity contribution < 1.29 is 4.74 Å². The van der Waals surface area contributed by atoms with Crippen molar-refractivity contribution >= 4 is 15.9 Å². The average molecular weight is 320 g/mol. The second-order valence-electron chi connectivity index (χ2n) is 4.58. The van der Waals surface area contributed by atoms with Crippen molar-refractivity contribution in [3.63, 3.8) is 0 Å². The second kappa shape index (κ2) is 5.67. The summed E-state index contributed by atoms with van der Waals surface area (Å²) >= 11 is 3.40. The average Bonchev–Trinajstić information content (AvgIpc) is 3.22. The topological polar surface area (TPSA) is 47.0 Å². The second-order valence-corrected chi connectivity index (χ2v) is 5.49. The maximum atomic E-state index is 5.63. The minimum atomic E-state index is 0.508. The van der Waals surface area contributed by atoms with Gasteiger partial charge in [0.25, 0.3) is 0 Å². The Morgan fingerprint density at radius 3 is 2.79 bits per heavy atom. The molecule has 4 nitrogen and oxygen atoms in total. The standard InChI is InChI=1S/C14H14BrN3O/c15-10-2-1-3-13(8-10)19-14-7-6-12(17-18-14)9-16-11-4-5-11/h1-3,6-8,11,16H,4-5,9H2. The maximum Gasteiger partial charge on any atom is 0.238 e. The van der Waals surface area contributed by atoms with Gasteiger partial charge in [-0.05, 0) is 37.1 Å². The van der Waals surface area contributed by atoms with Gasteiger partial charge in [0, 0.05) is 23.1 Å². The predicted molar refractivity (Wildman–Crippen MR) is 76.1 cm³/mol. The van der Waals surface area contributed by atoms with Crippen LogP contribution in [-0.2, 0) is 6.54 Å². The molecule has 0 radical (unpaired) electrons. The third-order valence-electron chi connectivity index (χ3n) is 2.86. The number of nitrogens with zero attached hydrogens (tertiary/aromatic N) is 2. The molecule has 2 aromatic rings. The molecule has 1 N–H and O–H groups in total. The van der Waals surface area contributed by atoms with Crippen LogP contribution >= 0.6 is 15.9 Å². The molecule has 1 heterocycles. The smallest absolute Gasteiger partial charge is 0.238 e. The first-order valence-corrected chi connectivity index (χ1v) is 7.08. The van der Waals surface area contributed by atoms with E-state index in [0.29, 0.717) is 11.9 Å². The van der Waals surface area contributed by atoms with Crippen LogP contribution in [0.1, 0.15) is 18.5 Å². The van der Waals surface area contributed by atoms with Crippen LogP contribution in [0.15, 0.2) is 40.9 Å². The summed E-state index contributed by atoms with van der Waals surface area (Å²) in [7, 11) is 0. The van der Waals surface area contributed by atoms with E-state index in [-0.39, 0.29) is 0 Å². The zero-order valence-electron chi connectivity index (χ0n) is 10.3. The third kappa shape index (κ3) is 3.75. The van der Waals surface area contributed by atoms with Gasteiger partial charge in [-0.1, -0.05) is 22.0 Å². The van der Waals surface area contributed by atoms with Crippen molar-refractivity contribution in [1.82, 2.24) is 15.5 Å². The van der Waals surface area contributed by atoms with Gasteiger partial charge in [-0.15, -0.1) is 5.10 Å². The molecule has 1 aliphatic carbocycles. The first-order valence-electron chi connectivity index (χ1n) is 6.29. The molecule has 5 heteroatoms. The summed E-state index contributed by atoms with van der Waals surface area (Å²) in [6, 6.07) is 12.1. The Labute approximate surface area is 120 Å². The third-order valence-corrected chi connectivity index (χ3v) is 3.36. The van der Waals surface area contributed by atoms with E-state index < -0.39 is 0 Å². The molecule has 0 amide bonds. The van der Waals surface area contributed by atoms with Crippen LogP contribution in [0.4, 0.5) is 0 Å². The Kier molecular flexibility index (Phi) is 3.75. The molecule has 0 unspecified atom stereocenters. The van der Waals surface area contributed by atoms with Crippen LogP contribution in [0.3, 0.4) is 0 Å². The minimum absolute atomic E-state index is 0.508.